The van der Waals surface area contributed by atoms with Gasteiger partial charge >= 0.3 is 0 Å². The molecule has 0 spiro atoms. The fourth-order valence-electron chi connectivity index (χ4n) is 7.13. The second kappa shape index (κ2) is 5.47. The number of hydrogen-bond acceptors (Lipinski definition) is 2. The van der Waals surface area contributed by atoms with E-state index in [-0.39, 0.29) is 5.41 Å². The molecule has 2 nitrogen and oxygen atoms in total. The summed E-state index contributed by atoms with van der Waals surface area (Å²) in [5.41, 5.74) is 2.11. The third kappa shape index (κ3) is 2.10. The molecule has 0 aromatic rings. The van der Waals surface area contributed by atoms with Crippen LogP contribution in [0.2, 0.25) is 0 Å². The average Bonchev–Trinajstić information content (AvgIpc) is 2.91. The molecule has 1 unspecified atom stereocenters. The zero-order valence-electron chi connectivity index (χ0n) is 15.7. The number of rotatable bonds is 2. The first kappa shape index (κ1) is 16.4. The SMILES string of the molecule is COC1=CC2=CC[C@@H]3[C@H](CC[C@]4(C)C(C(C)=O)CC[C@@H]34)[C@@]2(C)CC1. The van der Waals surface area contributed by atoms with Crippen LogP contribution in [0.1, 0.15) is 65.7 Å². The van der Waals surface area contributed by atoms with Crippen LogP contribution in [0, 0.1) is 34.5 Å². The van der Waals surface area contributed by atoms with Crippen LogP contribution in [-0.2, 0) is 9.53 Å². The number of carbonyl (C=O) groups excluding carboxylic acids is 1. The first-order valence-electron chi connectivity index (χ1n) is 9.86. The van der Waals surface area contributed by atoms with Gasteiger partial charge in [0.05, 0.1) is 12.9 Å². The highest BCUT2D eigenvalue weighted by molar-refractivity contribution is 5.79. The number of fused-ring (bicyclic) bond motifs is 5. The van der Waals surface area contributed by atoms with Gasteiger partial charge in [-0.3, -0.25) is 4.79 Å². The molecule has 0 aromatic heterocycles. The maximum Gasteiger partial charge on any atom is 0.133 e. The average molecular weight is 328 g/mol. The molecule has 4 aliphatic carbocycles. The normalized spacial score (nSPS) is 47.0. The van der Waals surface area contributed by atoms with Crippen molar-refractivity contribution in [3.05, 3.63) is 23.5 Å². The molecule has 0 saturated heterocycles. The standard InChI is InChI=1S/C22H32O2/c1-14(23)18-7-8-19-17-6-5-15-13-16(24-4)9-11-21(15,2)20(17)10-12-22(18,19)3/h5,13,17-20H,6-12H2,1-4H3/t17-,18?,19-,20-,21-,22+/m0/s1. The topological polar surface area (TPSA) is 26.3 Å². The van der Waals surface area contributed by atoms with Gasteiger partial charge in [0, 0.05) is 12.3 Å². The summed E-state index contributed by atoms with van der Waals surface area (Å²) in [4.78, 5) is 12.2. The Balaban J connectivity index is 1.68. The van der Waals surface area contributed by atoms with E-state index >= 15 is 0 Å². The van der Waals surface area contributed by atoms with Crippen LogP contribution >= 0.6 is 0 Å². The van der Waals surface area contributed by atoms with Gasteiger partial charge in [-0.2, -0.15) is 0 Å². The van der Waals surface area contributed by atoms with Crippen LogP contribution in [-0.4, -0.2) is 12.9 Å². The minimum Gasteiger partial charge on any atom is -0.501 e. The minimum atomic E-state index is 0.261. The Morgan fingerprint density at radius 2 is 1.96 bits per heavy atom. The number of hydrogen-bond donors (Lipinski definition) is 0. The molecular weight excluding hydrogens is 296 g/mol. The lowest BCUT2D eigenvalue weighted by molar-refractivity contribution is -0.127. The predicted molar refractivity (Wildman–Crippen MR) is 96.3 cm³/mol. The molecule has 0 radical (unpaired) electrons. The summed E-state index contributed by atoms with van der Waals surface area (Å²) in [6.45, 7) is 6.75. The van der Waals surface area contributed by atoms with E-state index in [1.54, 1.807) is 7.11 Å². The Labute approximate surface area is 146 Å². The van der Waals surface area contributed by atoms with Crippen LogP contribution in [0.15, 0.2) is 23.5 Å². The summed E-state index contributed by atoms with van der Waals surface area (Å²) >= 11 is 0. The van der Waals surface area contributed by atoms with Gasteiger partial charge < -0.3 is 4.74 Å². The van der Waals surface area contributed by atoms with Crippen molar-refractivity contribution in [1.82, 2.24) is 0 Å². The number of Topliss-reactive ketones (excluding diaryl/α,β-unsaturated/α-hetero) is 1. The molecule has 132 valence electrons. The Bertz CT molecular complexity index is 615. The monoisotopic (exact) mass is 328 g/mol. The zero-order chi connectivity index (χ0) is 17.1. The lowest BCUT2D eigenvalue weighted by Gasteiger charge is -2.56. The van der Waals surface area contributed by atoms with Crippen molar-refractivity contribution in [2.75, 3.05) is 7.11 Å². The molecule has 2 heteroatoms. The van der Waals surface area contributed by atoms with Crippen LogP contribution in [0.5, 0.6) is 0 Å². The van der Waals surface area contributed by atoms with Gasteiger partial charge in [0.15, 0.2) is 0 Å². The first-order valence-corrected chi connectivity index (χ1v) is 9.86. The third-order valence-electron chi connectivity index (χ3n) is 8.49. The van der Waals surface area contributed by atoms with E-state index in [0.29, 0.717) is 17.1 Å². The predicted octanol–water partition coefficient (Wildman–Crippen LogP) is 5.29. The Morgan fingerprint density at radius 3 is 2.67 bits per heavy atom. The molecule has 0 amide bonds. The molecule has 24 heavy (non-hydrogen) atoms. The molecule has 2 fully saturated rings. The molecule has 0 aromatic carbocycles. The highest BCUT2D eigenvalue weighted by Gasteiger charge is 2.58. The maximum absolute atomic E-state index is 12.2. The Morgan fingerprint density at radius 1 is 1.17 bits per heavy atom. The highest BCUT2D eigenvalue weighted by Crippen LogP contribution is 2.66. The zero-order valence-corrected chi connectivity index (χ0v) is 15.7. The molecule has 4 aliphatic rings. The Hall–Kier alpha value is -1.05. The van der Waals surface area contributed by atoms with Crippen molar-refractivity contribution < 1.29 is 9.53 Å². The van der Waals surface area contributed by atoms with Gasteiger partial charge in [-0.05, 0) is 85.7 Å². The van der Waals surface area contributed by atoms with Gasteiger partial charge in [0.1, 0.15) is 5.78 Å². The second-order valence-electron chi connectivity index (χ2n) is 9.29. The lowest BCUT2D eigenvalue weighted by Crippen LogP contribution is -2.49. The second-order valence-corrected chi connectivity index (χ2v) is 9.29. The van der Waals surface area contributed by atoms with Gasteiger partial charge in [-0.1, -0.05) is 19.9 Å². The van der Waals surface area contributed by atoms with Gasteiger partial charge in [0.2, 0.25) is 0 Å². The summed E-state index contributed by atoms with van der Waals surface area (Å²) in [6, 6.07) is 0. The summed E-state index contributed by atoms with van der Waals surface area (Å²) < 4.78 is 5.53. The van der Waals surface area contributed by atoms with Crippen LogP contribution < -0.4 is 0 Å². The first-order chi connectivity index (χ1) is 11.4. The lowest BCUT2D eigenvalue weighted by atomic mass is 9.48. The summed E-state index contributed by atoms with van der Waals surface area (Å²) in [6.07, 6.45) is 13.3. The largest absolute Gasteiger partial charge is 0.501 e. The minimum absolute atomic E-state index is 0.261. The number of ether oxygens (including phenoxy) is 1. The highest BCUT2D eigenvalue weighted by atomic mass is 16.5. The molecule has 0 aliphatic heterocycles. The van der Waals surface area contributed by atoms with E-state index in [2.05, 4.69) is 26.0 Å². The summed E-state index contributed by atoms with van der Waals surface area (Å²) in [5.74, 6) is 4.20. The number of carbonyl (C=O) groups is 1. The van der Waals surface area contributed by atoms with Crippen LogP contribution in [0.3, 0.4) is 0 Å². The summed E-state index contributed by atoms with van der Waals surface area (Å²) in [7, 11) is 1.80. The van der Waals surface area contributed by atoms with E-state index in [0.717, 1.165) is 36.4 Å². The number of methoxy groups -OCH3 is 1. The number of ketones is 1. The van der Waals surface area contributed by atoms with Gasteiger partial charge in [0.25, 0.3) is 0 Å². The molecular formula is C22H32O2. The van der Waals surface area contributed by atoms with Gasteiger partial charge in [-0.15, -0.1) is 0 Å². The van der Waals surface area contributed by atoms with E-state index in [4.69, 9.17) is 4.74 Å². The van der Waals surface area contributed by atoms with E-state index in [1.807, 2.05) is 6.92 Å². The van der Waals surface area contributed by atoms with E-state index in [9.17, 15) is 4.79 Å². The molecule has 0 bridgehead atoms. The van der Waals surface area contributed by atoms with E-state index in [1.165, 1.54) is 37.7 Å². The van der Waals surface area contributed by atoms with Crippen molar-refractivity contribution in [3.8, 4) is 0 Å². The fourth-order valence-corrected chi connectivity index (χ4v) is 7.13. The van der Waals surface area contributed by atoms with Crippen molar-refractivity contribution in [3.63, 3.8) is 0 Å². The number of allylic oxidation sites excluding steroid dienone is 4. The van der Waals surface area contributed by atoms with E-state index < -0.39 is 0 Å². The third-order valence-corrected chi connectivity index (χ3v) is 8.49. The van der Waals surface area contributed by atoms with Crippen molar-refractivity contribution in [2.45, 2.75) is 65.7 Å². The Kier molecular flexibility index (Phi) is 3.75. The quantitative estimate of drug-likeness (QED) is 0.688. The fraction of sp³-hybridized carbons (Fsp3) is 0.773. The van der Waals surface area contributed by atoms with Crippen molar-refractivity contribution >= 4 is 5.78 Å². The summed E-state index contributed by atoms with van der Waals surface area (Å²) in [5, 5.41) is 0. The molecule has 2 saturated carbocycles. The van der Waals surface area contributed by atoms with Crippen molar-refractivity contribution in [2.24, 2.45) is 34.5 Å². The van der Waals surface area contributed by atoms with Crippen LogP contribution in [0.4, 0.5) is 0 Å². The maximum atomic E-state index is 12.2. The smallest absolute Gasteiger partial charge is 0.133 e. The van der Waals surface area contributed by atoms with Crippen LogP contribution in [0.25, 0.3) is 0 Å². The molecule has 0 heterocycles. The van der Waals surface area contributed by atoms with Gasteiger partial charge in [-0.25, -0.2) is 0 Å². The molecule has 0 N–H and O–H groups in total. The molecule has 6 atom stereocenters. The van der Waals surface area contributed by atoms with Crippen molar-refractivity contribution in [1.29, 1.82) is 0 Å². The molecule has 4 rings (SSSR count).